The van der Waals surface area contributed by atoms with Gasteiger partial charge in [0, 0.05) is 53.0 Å². The highest BCUT2D eigenvalue weighted by atomic mass is 35.5. The molecule has 1 aromatic heterocycles. The minimum absolute atomic E-state index is 0.0112. The molecule has 0 aliphatic carbocycles. The molecule has 3 aromatic carbocycles. The molecule has 0 saturated carbocycles. The molecule has 6 nitrogen and oxygen atoms in total. The van der Waals surface area contributed by atoms with Gasteiger partial charge in [-0.2, -0.15) is 0 Å². The molecule has 5 rings (SSSR count). The fourth-order valence-corrected chi connectivity index (χ4v) is 6.49. The first-order valence-corrected chi connectivity index (χ1v) is 14.3. The largest absolute Gasteiger partial charge is 0.481 e. The van der Waals surface area contributed by atoms with E-state index in [1.165, 1.54) is 17.4 Å². The summed E-state index contributed by atoms with van der Waals surface area (Å²) in [7, 11) is 0. The number of halogens is 2. The van der Waals surface area contributed by atoms with Crippen molar-refractivity contribution >= 4 is 50.8 Å². The number of fused-ring (bicyclic) bond motifs is 1. The van der Waals surface area contributed by atoms with E-state index in [-0.39, 0.29) is 44.2 Å². The number of carbonyl (C=O) groups is 3. The third-order valence-electron chi connectivity index (χ3n) is 7.43. The summed E-state index contributed by atoms with van der Waals surface area (Å²) in [5, 5.41) is 12.4. The van der Waals surface area contributed by atoms with Crippen molar-refractivity contribution in [2.75, 3.05) is 13.1 Å². The number of benzene rings is 3. The summed E-state index contributed by atoms with van der Waals surface area (Å²) in [6, 6.07) is 21.0. The third-order valence-corrected chi connectivity index (χ3v) is 8.63. The van der Waals surface area contributed by atoms with E-state index in [1.54, 1.807) is 51.6 Å². The fraction of sp³-hybridized carbons (Fsp3) is 0.258. The first kappa shape index (κ1) is 27.8. The topological polar surface area (TPSA) is 77.9 Å². The summed E-state index contributed by atoms with van der Waals surface area (Å²) in [4.78, 5) is 42.9. The lowest BCUT2D eigenvalue weighted by molar-refractivity contribution is -0.152. The van der Waals surface area contributed by atoms with E-state index in [4.69, 9.17) is 11.6 Å². The minimum Gasteiger partial charge on any atom is -0.481 e. The fourth-order valence-electron chi connectivity index (χ4n) is 5.34. The highest BCUT2D eigenvalue weighted by molar-refractivity contribution is 7.17. The van der Waals surface area contributed by atoms with Gasteiger partial charge < -0.3 is 14.9 Å². The molecular weight excluding hydrogens is 551 g/mol. The molecule has 2 amide bonds. The highest BCUT2D eigenvalue weighted by Crippen LogP contribution is 2.40. The van der Waals surface area contributed by atoms with E-state index in [9.17, 15) is 23.9 Å². The highest BCUT2D eigenvalue weighted by Gasteiger charge is 2.55. The molecular formula is C31H28ClFN2O4S. The lowest BCUT2D eigenvalue weighted by Gasteiger charge is -2.53. The van der Waals surface area contributed by atoms with Crippen molar-refractivity contribution in [3.63, 3.8) is 0 Å². The zero-order chi connectivity index (χ0) is 28.3. The van der Waals surface area contributed by atoms with Crippen LogP contribution in [0.2, 0.25) is 5.02 Å². The normalized spacial score (nSPS) is 16.5. The first-order valence-electron chi connectivity index (χ1n) is 13.1. The monoisotopic (exact) mass is 578 g/mol. The van der Waals surface area contributed by atoms with Crippen LogP contribution in [-0.4, -0.2) is 51.3 Å². The summed E-state index contributed by atoms with van der Waals surface area (Å²) >= 11 is 7.66. The summed E-state index contributed by atoms with van der Waals surface area (Å²) in [5.41, 5.74) is 0.317. The molecule has 2 heterocycles. The quantitative estimate of drug-likeness (QED) is 0.236. The minimum atomic E-state index is -1.32. The number of hydrogen-bond donors (Lipinski definition) is 1. The van der Waals surface area contributed by atoms with Gasteiger partial charge in [0.15, 0.2) is 0 Å². The predicted molar refractivity (Wildman–Crippen MR) is 154 cm³/mol. The Morgan fingerprint density at radius 2 is 1.82 bits per heavy atom. The molecule has 9 heteroatoms. The second-order valence-corrected chi connectivity index (χ2v) is 11.4. The molecule has 1 fully saturated rings. The summed E-state index contributed by atoms with van der Waals surface area (Å²) < 4.78 is 15.9. The Labute approximate surface area is 240 Å². The van der Waals surface area contributed by atoms with Crippen molar-refractivity contribution in [1.82, 2.24) is 9.80 Å². The van der Waals surface area contributed by atoms with E-state index in [0.717, 1.165) is 15.6 Å². The number of rotatable bonds is 10. The van der Waals surface area contributed by atoms with Gasteiger partial charge in [-0.25, -0.2) is 4.39 Å². The van der Waals surface area contributed by atoms with Gasteiger partial charge >= 0.3 is 5.97 Å². The van der Waals surface area contributed by atoms with E-state index in [2.05, 4.69) is 0 Å². The van der Waals surface area contributed by atoms with Gasteiger partial charge in [0.05, 0.1) is 5.56 Å². The van der Waals surface area contributed by atoms with Crippen LogP contribution in [0.15, 0.2) is 78.2 Å². The van der Waals surface area contributed by atoms with Crippen LogP contribution in [0.4, 0.5) is 4.39 Å². The number of hydrogen-bond acceptors (Lipinski definition) is 4. The number of carboxylic acid groups (broad SMARTS) is 1. The number of likely N-dealkylation sites (tertiary alicyclic amines) is 1. The Hall–Kier alpha value is -3.75. The number of nitrogens with zero attached hydrogens (tertiary/aromatic N) is 2. The average Bonchev–Trinajstić information content (AvgIpc) is 3.35. The molecule has 1 saturated heterocycles. The molecule has 40 heavy (non-hydrogen) atoms. The number of amides is 2. The van der Waals surface area contributed by atoms with Crippen molar-refractivity contribution < 1.29 is 23.9 Å². The maximum atomic E-state index is 14.9. The molecule has 0 bridgehead atoms. The number of carboxylic acids is 1. The van der Waals surface area contributed by atoms with Crippen LogP contribution < -0.4 is 0 Å². The van der Waals surface area contributed by atoms with Gasteiger partial charge in [0.1, 0.15) is 11.4 Å². The first-order chi connectivity index (χ1) is 19.3. The molecule has 1 aliphatic heterocycles. The Balaban J connectivity index is 1.53. The summed E-state index contributed by atoms with van der Waals surface area (Å²) in [6.07, 6.45) is 0.500. The van der Waals surface area contributed by atoms with Gasteiger partial charge in [-0.1, -0.05) is 60.1 Å². The number of thiophene rings is 1. The van der Waals surface area contributed by atoms with Crippen LogP contribution in [-0.2, 0) is 22.6 Å². The van der Waals surface area contributed by atoms with E-state index < -0.39 is 17.3 Å². The Morgan fingerprint density at radius 1 is 1.05 bits per heavy atom. The van der Waals surface area contributed by atoms with Gasteiger partial charge in [0.25, 0.3) is 5.91 Å². The lowest BCUT2D eigenvalue weighted by Crippen LogP contribution is -2.70. The van der Waals surface area contributed by atoms with Gasteiger partial charge in [-0.15, -0.1) is 11.3 Å². The molecule has 1 unspecified atom stereocenters. The molecule has 1 aliphatic rings. The van der Waals surface area contributed by atoms with Crippen LogP contribution in [0.25, 0.3) is 10.1 Å². The Morgan fingerprint density at radius 3 is 2.55 bits per heavy atom. The molecule has 4 aromatic rings. The summed E-state index contributed by atoms with van der Waals surface area (Å²) in [6.45, 7) is 0.699. The van der Waals surface area contributed by atoms with Crippen molar-refractivity contribution in [3.8, 4) is 0 Å². The second-order valence-electron chi connectivity index (χ2n) is 10.0. The Kier molecular flexibility index (Phi) is 8.19. The van der Waals surface area contributed by atoms with Crippen LogP contribution in [0, 0.1) is 5.82 Å². The van der Waals surface area contributed by atoms with Gasteiger partial charge in [-0.05, 0) is 48.2 Å². The van der Waals surface area contributed by atoms with E-state index in [0.29, 0.717) is 29.1 Å². The Bertz CT molecular complexity index is 1570. The van der Waals surface area contributed by atoms with Gasteiger partial charge in [-0.3, -0.25) is 14.4 Å². The molecule has 0 radical (unpaired) electrons. The van der Waals surface area contributed by atoms with Crippen molar-refractivity contribution in [3.05, 3.63) is 106 Å². The zero-order valence-corrected chi connectivity index (χ0v) is 23.3. The molecule has 206 valence electrons. The van der Waals surface area contributed by atoms with Crippen LogP contribution >= 0.6 is 22.9 Å². The maximum absolute atomic E-state index is 14.9. The van der Waals surface area contributed by atoms with Gasteiger partial charge in [0.2, 0.25) is 5.91 Å². The standard InChI is InChI=1S/C31H28ClFN2O4S/c32-23-9-5-7-21(17-23)19-34(15-6-13-28(36)37)30(39)31(18-22-8-1-3-11-26(22)33)14-16-35(31)29(38)25-20-40-27-12-4-2-10-24(25)27/h1-5,7-12,17,20H,6,13-16,18-19H2,(H,36,37). The number of aliphatic carboxylic acids is 1. The predicted octanol–water partition coefficient (Wildman–Crippen LogP) is 6.41. The number of carbonyl (C=O) groups excluding carboxylic acids is 2. The second kappa shape index (κ2) is 11.8. The van der Waals surface area contributed by atoms with Crippen molar-refractivity contribution in [2.24, 2.45) is 0 Å². The summed E-state index contributed by atoms with van der Waals surface area (Å²) in [5.74, 6) is -2.01. The van der Waals surface area contributed by atoms with E-state index >= 15 is 0 Å². The third kappa shape index (κ3) is 5.60. The van der Waals surface area contributed by atoms with Crippen LogP contribution in [0.3, 0.4) is 0 Å². The van der Waals surface area contributed by atoms with E-state index in [1.807, 2.05) is 30.3 Å². The van der Waals surface area contributed by atoms with Crippen molar-refractivity contribution in [2.45, 2.75) is 37.8 Å². The van der Waals surface area contributed by atoms with Crippen LogP contribution in [0.1, 0.15) is 40.7 Å². The van der Waals surface area contributed by atoms with Crippen LogP contribution in [0.5, 0.6) is 0 Å². The smallest absolute Gasteiger partial charge is 0.303 e. The molecule has 0 spiro atoms. The zero-order valence-electron chi connectivity index (χ0n) is 21.7. The lowest BCUT2D eigenvalue weighted by atomic mass is 9.77. The maximum Gasteiger partial charge on any atom is 0.303 e. The van der Waals surface area contributed by atoms with Crippen molar-refractivity contribution in [1.29, 1.82) is 0 Å². The SMILES string of the molecule is O=C(O)CCCN(Cc1cccc(Cl)c1)C(=O)C1(Cc2ccccc2F)CCN1C(=O)c1csc2ccccc12. The molecule has 1 atom stereocenters. The average molecular weight is 579 g/mol. The molecule has 1 N–H and O–H groups in total.